The van der Waals surface area contributed by atoms with Crippen LogP contribution in [0.1, 0.15) is 67.2 Å². The number of rotatable bonds is 10. The highest BCUT2D eigenvalue weighted by atomic mass is 31.2. The minimum Gasteiger partial charge on any atom is -0.304 e. The van der Waals surface area contributed by atoms with Gasteiger partial charge in [0.15, 0.2) is 6.21 Å². The van der Waals surface area contributed by atoms with Gasteiger partial charge in [0.2, 0.25) is 0 Å². The lowest BCUT2D eigenvalue weighted by Gasteiger charge is -2.31. The molecule has 0 saturated carbocycles. The van der Waals surface area contributed by atoms with Crippen LogP contribution in [0.2, 0.25) is 0 Å². The van der Waals surface area contributed by atoms with Crippen LogP contribution >= 0.6 is 7.60 Å². The van der Waals surface area contributed by atoms with E-state index in [1.54, 1.807) is 27.0 Å². The van der Waals surface area contributed by atoms with E-state index in [1.165, 1.54) is 0 Å². The third kappa shape index (κ3) is 4.65. The van der Waals surface area contributed by atoms with Crippen molar-refractivity contribution in [2.45, 2.75) is 72.5 Å². The summed E-state index contributed by atoms with van der Waals surface area (Å²) >= 11 is 0. The monoisotopic (exact) mass is 350 g/mol. The van der Waals surface area contributed by atoms with E-state index in [2.05, 4.69) is 0 Å². The third-order valence-corrected chi connectivity index (χ3v) is 7.23. The molecular weight excluding hydrogens is 317 g/mol. The first-order valence-electron chi connectivity index (χ1n) is 8.08. The van der Waals surface area contributed by atoms with Gasteiger partial charge in [0.25, 0.3) is 0 Å². The van der Waals surface area contributed by atoms with E-state index in [1.807, 2.05) is 6.92 Å². The number of hydroxylamine groups is 1. The number of carbonyl (C=O) groups is 1. The van der Waals surface area contributed by atoms with Crippen LogP contribution in [0.15, 0.2) is 0 Å². The van der Waals surface area contributed by atoms with E-state index in [0.717, 1.165) is 4.74 Å². The van der Waals surface area contributed by atoms with Gasteiger partial charge in [0.1, 0.15) is 5.78 Å². The van der Waals surface area contributed by atoms with Crippen molar-refractivity contribution >= 4 is 19.6 Å². The second kappa shape index (κ2) is 9.55. The quantitative estimate of drug-likeness (QED) is 0.362. The van der Waals surface area contributed by atoms with Gasteiger partial charge in [-0.25, -0.2) is 0 Å². The van der Waals surface area contributed by atoms with Gasteiger partial charge in [-0.2, -0.15) is 0 Å². The molecule has 0 spiro atoms. The summed E-state index contributed by atoms with van der Waals surface area (Å²) in [4.78, 5) is 11.4. The van der Waals surface area contributed by atoms with Crippen molar-refractivity contribution in [1.29, 1.82) is 0 Å². The van der Waals surface area contributed by atoms with Crippen molar-refractivity contribution in [2.24, 2.45) is 5.92 Å². The summed E-state index contributed by atoms with van der Waals surface area (Å²) in [7, 11) is -3.50. The molecule has 0 aromatic carbocycles. The van der Waals surface area contributed by atoms with Crippen LogP contribution in [0.25, 0.3) is 0 Å². The first-order chi connectivity index (χ1) is 10.4. The van der Waals surface area contributed by atoms with Crippen LogP contribution in [0.3, 0.4) is 0 Å². The second-order valence-electron chi connectivity index (χ2n) is 5.67. The SMILES string of the molecule is C.CCOP(=O)(OCC)[C@@]1(C)[C@@H](CCCC(=O)CC)CC=[N+]1O. The average molecular weight is 350 g/mol. The van der Waals surface area contributed by atoms with Crippen LogP contribution in [-0.2, 0) is 18.4 Å². The Morgan fingerprint density at radius 2 is 1.91 bits per heavy atom. The Morgan fingerprint density at radius 1 is 1.35 bits per heavy atom. The van der Waals surface area contributed by atoms with Crippen LogP contribution in [-0.4, -0.2) is 40.4 Å². The molecule has 1 N–H and O–H groups in total. The van der Waals surface area contributed by atoms with E-state index in [9.17, 15) is 14.6 Å². The summed E-state index contributed by atoms with van der Waals surface area (Å²) in [6, 6.07) is 0. The predicted octanol–water partition coefficient (Wildman–Crippen LogP) is 4.25. The molecule has 1 aliphatic rings. The molecule has 0 radical (unpaired) electrons. The maximum atomic E-state index is 13.2. The van der Waals surface area contributed by atoms with Gasteiger partial charge >= 0.3 is 12.9 Å². The Morgan fingerprint density at radius 3 is 2.39 bits per heavy atom. The molecule has 0 aromatic heterocycles. The fraction of sp³-hybridized carbons (Fsp3) is 0.875. The van der Waals surface area contributed by atoms with E-state index < -0.39 is 12.9 Å². The minimum absolute atomic E-state index is 0. The Bertz CT molecular complexity index is 455. The van der Waals surface area contributed by atoms with Crippen molar-refractivity contribution in [1.82, 2.24) is 0 Å². The Balaban J connectivity index is 0.00000484. The van der Waals surface area contributed by atoms with Crippen LogP contribution in [0.4, 0.5) is 0 Å². The molecular formula is C16H33NO5P+. The molecule has 0 fully saturated rings. The van der Waals surface area contributed by atoms with Crippen LogP contribution < -0.4 is 0 Å². The van der Waals surface area contributed by atoms with Gasteiger partial charge in [-0.1, -0.05) is 14.4 Å². The normalized spacial score (nSPS) is 24.2. The molecule has 1 heterocycles. The molecule has 0 saturated heterocycles. The van der Waals surface area contributed by atoms with Crippen molar-refractivity contribution in [3.05, 3.63) is 0 Å². The van der Waals surface area contributed by atoms with Gasteiger partial charge in [0, 0.05) is 32.1 Å². The highest BCUT2D eigenvalue weighted by Crippen LogP contribution is 2.65. The lowest BCUT2D eigenvalue weighted by Crippen LogP contribution is -2.41. The Labute approximate surface area is 140 Å². The molecule has 7 heteroatoms. The average Bonchev–Trinajstić information content (AvgIpc) is 2.77. The minimum atomic E-state index is -3.50. The fourth-order valence-corrected chi connectivity index (χ4v) is 5.22. The third-order valence-electron chi connectivity index (χ3n) is 4.36. The molecule has 0 amide bonds. The van der Waals surface area contributed by atoms with Gasteiger partial charge in [0.05, 0.1) is 13.2 Å². The molecule has 6 nitrogen and oxygen atoms in total. The molecule has 1 rings (SSSR count). The number of carbonyl (C=O) groups excluding carboxylic acids is 1. The Hall–Kier alpha value is -0.710. The zero-order chi connectivity index (χ0) is 16.8. The first kappa shape index (κ1) is 22.3. The van der Waals surface area contributed by atoms with Crippen molar-refractivity contribution in [3.63, 3.8) is 0 Å². The van der Waals surface area contributed by atoms with Crippen molar-refractivity contribution < 1.29 is 28.4 Å². The molecule has 0 aliphatic carbocycles. The molecule has 0 bridgehead atoms. The molecule has 23 heavy (non-hydrogen) atoms. The largest absolute Gasteiger partial charge is 0.405 e. The second-order valence-corrected chi connectivity index (χ2v) is 8.09. The maximum Gasteiger partial charge on any atom is 0.405 e. The van der Waals surface area contributed by atoms with E-state index in [4.69, 9.17) is 9.05 Å². The number of hydrogen-bond donors (Lipinski definition) is 1. The van der Waals surface area contributed by atoms with Gasteiger partial charge in [-0.3, -0.25) is 14.6 Å². The van der Waals surface area contributed by atoms with E-state index >= 15 is 0 Å². The molecule has 0 unspecified atom stereocenters. The highest BCUT2D eigenvalue weighted by Gasteiger charge is 2.65. The van der Waals surface area contributed by atoms with Gasteiger partial charge in [-0.15, -0.1) is 0 Å². The summed E-state index contributed by atoms with van der Waals surface area (Å²) in [6.07, 6.45) is 4.68. The number of ketones is 1. The molecule has 2 atom stereocenters. The van der Waals surface area contributed by atoms with E-state index in [-0.39, 0.29) is 32.3 Å². The summed E-state index contributed by atoms with van der Waals surface area (Å²) in [5, 5.41) is 9.14. The van der Waals surface area contributed by atoms with Crippen LogP contribution in [0, 0.1) is 5.92 Å². The van der Waals surface area contributed by atoms with Gasteiger partial charge < -0.3 is 9.05 Å². The topological polar surface area (TPSA) is 75.8 Å². The van der Waals surface area contributed by atoms with Crippen LogP contribution in [0.5, 0.6) is 0 Å². The summed E-state index contributed by atoms with van der Waals surface area (Å²) in [6.45, 7) is 7.58. The lowest BCUT2D eigenvalue weighted by atomic mass is 9.93. The summed E-state index contributed by atoms with van der Waals surface area (Å²) in [5.74, 6) is 0.147. The standard InChI is InChI=1S/C15H29NO5P.CH4/c1-5-14(17)10-8-9-13-11-12-16(18)15(13,4)22(19,20-6-2)21-7-3;/h12-13,18H,5-11H2,1-4H3;1H4/q+1;/t13-,15-;/m0./s1. The maximum absolute atomic E-state index is 13.2. The Kier molecular flexibility index (Phi) is 9.26. The highest BCUT2D eigenvalue weighted by molar-refractivity contribution is 7.55. The smallest absolute Gasteiger partial charge is 0.304 e. The summed E-state index contributed by atoms with van der Waals surface area (Å²) < 4.78 is 25.1. The zero-order valence-corrected chi connectivity index (χ0v) is 15.0. The number of Topliss-reactive ketones (excluding diaryl/α,β-unsaturated/α-hetero) is 1. The molecule has 1 aliphatic heterocycles. The first-order valence-corrected chi connectivity index (χ1v) is 9.62. The van der Waals surface area contributed by atoms with Crippen molar-refractivity contribution in [3.8, 4) is 0 Å². The van der Waals surface area contributed by atoms with Gasteiger partial charge in [-0.05, 0) is 31.4 Å². The molecule has 136 valence electrons. The van der Waals surface area contributed by atoms with E-state index in [0.29, 0.717) is 32.1 Å². The number of nitrogens with zero attached hydrogens (tertiary/aromatic N) is 1. The zero-order valence-electron chi connectivity index (χ0n) is 14.1. The summed E-state index contributed by atoms with van der Waals surface area (Å²) in [5.41, 5.74) is 0. The number of hydrogen-bond acceptors (Lipinski definition) is 5. The fourth-order valence-electron chi connectivity index (χ4n) is 2.92. The molecule has 0 aromatic rings. The predicted molar refractivity (Wildman–Crippen MR) is 91.4 cm³/mol. The lowest BCUT2D eigenvalue weighted by molar-refractivity contribution is -0.805. The van der Waals surface area contributed by atoms with Crippen molar-refractivity contribution in [2.75, 3.05) is 13.2 Å².